The quantitative estimate of drug-likeness (QED) is 0.717. The number of carbonyl (C=O) groups is 1. The minimum Gasteiger partial charge on any atom is -0.369 e. The Kier molecular flexibility index (Phi) is 3.55. The number of guanidine groups is 2. The number of aliphatic imine (C=N–C) groups is 2. The highest BCUT2D eigenvalue weighted by Gasteiger charge is 2.44. The van der Waals surface area contributed by atoms with Crippen LogP contribution >= 0.6 is 0 Å². The molecule has 0 atom stereocenters. The number of nitrogens with zero attached hydrogens (tertiary/aromatic N) is 4. The zero-order valence-electron chi connectivity index (χ0n) is 14.3. The maximum Gasteiger partial charge on any atom is 0.321 e. The van der Waals surface area contributed by atoms with E-state index in [0.717, 1.165) is 42.6 Å². The summed E-state index contributed by atoms with van der Waals surface area (Å²) < 4.78 is 0. The van der Waals surface area contributed by atoms with Gasteiger partial charge in [0.15, 0.2) is 0 Å². The van der Waals surface area contributed by atoms with Gasteiger partial charge in [0.25, 0.3) is 0 Å². The van der Waals surface area contributed by atoms with Crippen molar-refractivity contribution in [1.82, 2.24) is 5.32 Å². The summed E-state index contributed by atoms with van der Waals surface area (Å²) in [4.78, 5) is 24.7. The Hall–Kier alpha value is -2.77. The van der Waals surface area contributed by atoms with Crippen LogP contribution in [0.1, 0.15) is 37.7 Å². The number of nitrogens with two attached hydrogens (primary N) is 2. The summed E-state index contributed by atoms with van der Waals surface area (Å²) in [6.07, 6.45) is 5.03. The number of fused-ring (bicyclic) bond motifs is 1. The molecule has 0 bridgehead atoms. The van der Waals surface area contributed by atoms with Gasteiger partial charge in [-0.3, -0.25) is 9.80 Å². The van der Waals surface area contributed by atoms with Crippen LogP contribution < -0.4 is 26.6 Å². The van der Waals surface area contributed by atoms with E-state index in [1.165, 1.54) is 6.42 Å². The van der Waals surface area contributed by atoms with E-state index in [0.29, 0.717) is 12.5 Å². The van der Waals surface area contributed by atoms with Crippen LogP contribution in [0.5, 0.6) is 0 Å². The fraction of sp³-hybridized carbons (Fsp3) is 0.471. The van der Waals surface area contributed by atoms with Crippen LogP contribution in [0.4, 0.5) is 16.2 Å². The van der Waals surface area contributed by atoms with Crippen molar-refractivity contribution in [3.8, 4) is 0 Å². The predicted octanol–water partition coefficient (Wildman–Crippen LogP) is 1.46. The van der Waals surface area contributed by atoms with Crippen LogP contribution in [0.3, 0.4) is 0 Å². The second kappa shape index (κ2) is 5.65. The number of rotatable bonds is 1. The Balaban J connectivity index is 1.88. The Bertz CT molecular complexity index is 779. The molecule has 1 saturated carbocycles. The summed E-state index contributed by atoms with van der Waals surface area (Å²) in [7, 11) is 1.76. The average molecular weight is 341 g/mol. The lowest BCUT2D eigenvalue weighted by molar-refractivity contribution is 0.246. The van der Waals surface area contributed by atoms with Crippen LogP contribution in [0.2, 0.25) is 0 Å². The molecule has 1 aromatic carbocycles. The molecule has 8 heteroatoms. The molecule has 0 unspecified atom stereocenters. The molecule has 4 rings (SSSR count). The van der Waals surface area contributed by atoms with E-state index >= 15 is 0 Å². The lowest BCUT2D eigenvalue weighted by Gasteiger charge is -2.47. The normalized spacial score (nSPS) is 22.2. The molecule has 132 valence electrons. The van der Waals surface area contributed by atoms with Crippen molar-refractivity contribution in [3.05, 3.63) is 23.8 Å². The van der Waals surface area contributed by atoms with Gasteiger partial charge >= 0.3 is 6.03 Å². The SMILES string of the molecule is CN1C(=O)NCc2cccc(N3C(N)=NC(N)=NC34CCCCC4)c21. The van der Waals surface area contributed by atoms with Crippen molar-refractivity contribution >= 4 is 29.3 Å². The van der Waals surface area contributed by atoms with Gasteiger partial charge in [0, 0.05) is 13.6 Å². The van der Waals surface area contributed by atoms with Crippen LogP contribution in [-0.4, -0.2) is 30.7 Å². The molecule has 3 aliphatic rings. The largest absolute Gasteiger partial charge is 0.369 e. The van der Waals surface area contributed by atoms with Gasteiger partial charge < -0.3 is 16.8 Å². The summed E-state index contributed by atoms with van der Waals surface area (Å²) in [6.45, 7) is 0.496. The van der Waals surface area contributed by atoms with Crippen LogP contribution in [-0.2, 0) is 6.54 Å². The molecule has 1 aromatic rings. The fourth-order valence-electron chi connectivity index (χ4n) is 4.15. The van der Waals surface area contributed by atoms with Gasteiger partial charge in [-0.25, -0.2) is 9.79 Å². The van der Waals surface area contributed by atoms with E-state index in [2.05, 4.69) is 10.3 Å². The molecule has 25 heavy (non-hydrogen) atoms. The Morgan fingerprint density at radius 2 is 1.96 bits per heavy atom. The maximum atomic E-state index is 12.2. The van der Waals surface area contributed by atoms with E-state index in [1.807, 2.05) is 23.1 Å². The molecule has 1 spiro atoms. The minimum atomic E-state index is -0.516. The average Bonchev–Trinajstić information content (AvgIpc) is 2.58. The van der Waals surface area contributed by atoms with E-state index in [-0.39, 0.29) is 12.0 Å². The number of carbonyl (C=O) groups excluding carboxylic acids is 1. The maximum absolute atomic E-state index is 12.2. The van der Waals surface area contributed by atoms with Gasteiger partial charge in [-0.1, -0.05) is 18.6 Å². The van der Waals surface area contributed by atoms with Crippen molar-refractivity contribution in [2.75, 3.05) is 16.8 Å². The molecule has 0 saturated heterocycles. The first-order valence-corrected chi connectivity index (χ1v) is 8.65. The first-order valence-electron chi connectivity index (χ1n) is 8.65. The number of anilines is 2. The Morgan fingerprint density at radius 3 is 2.72 bits per heavy atom. The highest BCUT2D eigenvalue weighted by molar-refractivity contribution is 6.09. The molecular weight excluding hydrogens is 318 g/mol. The molecular formula is C17H23N7O. The summed E-state index contributed by atoms with van der Waals surface area (Å²) in [5.41, 5.74) is 14.5. The van der Waals surface area contributed by atoms with Gasteiger partial charge in [-0.05, 0) is 37.3 Å². The molecule has 5 N–H and O–H groups in total. The van der Waals surface area contributed by atoms with Gasteiger partial charge in [-0.2, -0.15) is 4.99 Å². The highest BCUT2D eigenvalue weighted by atomic mass is 16.2. The number of para-hydroxylation sites is 1. The zero-order chi connectivity index (χ0) is 17.6. The number of amides is 2. The van der Waals surface area contributed by atoms with Gasteiger partial charge in [0.2, 0.25) is 11.9 Å². The Morgan fingerprint density at radius 1 is 1.20 bits per heavy atom. The first kappa shape index (κ1) is 15.7. The molecule has 8 nitrogen and oxygen atoms in total. The van der Waals surface area contributed by atoms with E-state index in [4.69, 9.17) is 16.5 Å². The number of nitrogens with one attached hydrogen (secondary N) is 1. The number of hydrogen-bond acceptors (Lipinski definition) is 6. The third kappa shape index (κ3) is 2.40. The van der Waals surface area contributed by atoms with Crippen LogP contribution in [0, 0.1) is 0 Å². The van der Waals surface area contributed by atoms with Gasteiger partial charge in [0.1, 0.15) is 5.66 Å². The third-order valence-corrected chi connectivity index (χ3v) is 5.26. The van der Waals surface area contributed by atoms with E-state index in [9.17, 15) is 4.79 Å². The van der Waals surface area contributed by atoms with Crippen molar-refractivity contribution in [3.63, 3.8) is 0 Å². The monoisotopic (exact) mass is 341 g/mol. The first-order chi connectivity index (χ1) is 12.0. The fourth-order valence-corrected chi connectivity index (χ4v) is 4.15. The zero-order valence-corrected chi connectivity index (χ0v) is 14.3. The number of benzene rings is 1. The third-order valence-electron chi connectivity index (χ3n) is 5.26. The number of urea groups is 1. The lowest BCUT2D eigenvalue weighted by atomic mass is 9.87. The van der Waals surface area contributed by atoms with Crippen LogP contribution in [0.25, 0.3) is 0 Å². The highest BCUT2D eigenvalue weighted by Crippen LogP contribution is 2.44. The summed E-state index contributed by atoms with van der Waals surface area (Å²) in [5, 5.41) is 2.87. The standard InChI is InChI=1S/C17H23N7O/c1-23-13-11(10-20-16(23)25)6-5-7-12(13)24-15(19)21-14(18)22-17(24)8-3-2-4-9-17/h5-7H,2-4,8-10H2,1H3,(H,20,25)(H4,18,19,21,22). The van der Waals surface area contributed by atoms with Gasteiger partial charge in [-0.15, -0.1) is 0 Å². The smallest absolute Gasteiger partial charge is 0.321 e. The molecule has 1 aliphatic carbocycles. The Labute approximate surface area is 146 Å². The number of hydrogen-bond donors (Lipinski definition) is 3. The van der Waals surface area contributed by atoms with Crippen molar-refractivity contribution in [1.29, 1.82) is 0 Å². The molecule has 2 aliphatic heterocycles. The van der Waals surface area contributed by atoms with E-state index < -0.39 is 5.66 Å². The van der Waals surface area contributed by atoms with Crippen LogP contribution in [0.15, 0.2) is 28.2 Å². The molecule has 0 aromatic heterocycles. The minimum absolute atomic E-state index is 0.131. The van der Waals surface area contributed by atoms with Crippen molar-refractivity contribution in [2.24, 2.45) is 21.5 Å². The van der Waals surface area contributed by atoms with Crippen molar-refractivity contribution < 1.29 is 4.79 Å². The molecule has 2 heterocycles. The molecule has 0 radical (unpaired) electrons. The summed E-state index contributed by atoms with van der Waals surface area (Å²) in [6, 6.07) is 5.83. The lowest BCUT2D eigenvalue weighted by Crippen LogP contribution is -2.59. The second-order valence-corrected chi connectivity index (χ2v) is 6.82. The molecule has 1 fully saturated rings. The predicted molar refractivity (Wildman–Crippen MR) is 98.6 cm³/mol. The van der Waals surface area contributed by atoms with Gasteiger partial charge in [0.05, 0.1) is 11.4 Å². The van der Waals surface area contributed by atoms with E-state index in [1.54, 1.807) is 11.9 Å². The summed E-state index contributed by atoms with van der Waals surface area (Å²) >= 11 is 0. The van der Waals surface area contributed by atoms with Crippen molar-refractivity contribution in [2.45, 2.75) is 44.3 Å². The molecule has 2 amide bonds. The summed E-state index contributed by atoms with van der Waals surface area (Å²) in [5.74, 6) is 0.564. The topological polar surface area (TPSA) is 112 Å². The second-order valence-electron chi connectivity index (χ2n) is 6.82.